The molecule has 2 aromatic rings. The fraction of sp³-hybridized carbons (Fsp3) is 0.190. The summed E-state index contributed by atoms with van der Waals surface area (Å²) in [7, 11) is 3.13. The Kier molecular flexibility index (Phi) is 8.29. The van der Waals surface area contributed by atoms with Gasteiger partial charge in [0.05, 0.1) is 10.5 Å². The van der Waals surface area contributed by atoms with E-state index in [-0.39, 0.29) is 27.3 Å². The number of benzene rings is 2. The van der Waals surface area contributed by atoms with Crippen molar-refractivity contribution < 1.29 is 22.8 Å². The van der Waals surface area contributed by atoms with E-state index < -0.39 is 11.7 Å². The Morgan fingerprint density at radius 2 is 1.94 bits per heavy atom. The minimum Gasteiger partial charge on any atom is -0.380 e. The summed E-state index contributed by atoms with van der Waals surface area (Å²) in [5.41, 5.74) is 0.596. The van der Waals surface area contributed by atoms with Crippen LogP contribution in [0.4, 0.5) is 23.7 Å². The van der Waals surface area contributed by atoms with Crippen LogP contribution in [0.25, 0.3) is 6.08 Å². The van der Waals surface area contributed by atoms with Crippen LogP contribution in [0, 0.1) is 5.41 Å². The third-order valence-electron chi connectivity index (χ3n) is 4.07. The second-order valence-corrected chi connectivity index (χ2v) is 8.03. The number of halogens is 4. The molecule has 5 nitrogen and oxygen atoms in total. The number of hydrogen-bond donors (Lipinski definition) is 2. The molecular formula is C21H19ClF3N3O2S. The lowest BCUT2D eigenvalue weighted by Crippen LogP contribution is -2.16. The van der Waals surface area contributed by atoms with Gasteiger partial charge in [0, 0.05) is 43.1 Å². The molecule has 2 N–H and O–H groups in total. The number of aldehydes is 1. The van der Waals surface area contributed by atoms with Gasteiger partial charge in [-0.2, -0.15) is 13.2 Å². The number of carbonyl (C=O) groups excluding carboxylic acids is 2. The van der Waals surface area contributed by atoms with E-state index in [0.29, 0.717) is 23.1 Å². The molecule has 0 unspecified atom stereocenters. The molecular weight excluding hydrogens is 451 g/mol. The van der Waals surface area contributed by atoms with Crippen LogP contribution in [0.15, 0.2) is 41.3 Å². The quantitative estimate of drug-likeness (QED) is 0.300. The van der Waals surface area contributed by atoms with Gasteiger partial charge in [-0.05, 0) is 53.2 Å². The summed E-state index contributed by atoms with van der Waals surface area (Å²) in [5.74, 6) is 0. The summed E-state index contributed by atoms with van der Waals surface area (Å²) in [4.78, 5) is 24.6. The molecule has 31 heavy (non-hydrogen) atoms. The van der Waals surface area contributed by atoms with Crippen molar-refractivity contribution >= 4 is 52.9 Å². The molecule has 0 saturated carbocycles. The summed E-state index contributed by atoms with van der Waals surface area (Å²) >= 11 is 6.47. The molecule has 2 rings (SSSR count). The molecule has 0 fully saturated rings. The number of alkyl halides is 3. The molecule has 0 atom stereocenters. The van der Waals surface area contributed by atoms with E-state index in [4.69, 9.17) is 17.0 Å². The van der Waals surface area contributed by atoms with Crippen LogP contribution in [-0.2, 0) is 17.5 Å². The molecule has 0 radical (unpaired) electrons. The third-order valence-corrected chi connectivity index (χ3v) is 5.30. The molecule has 0 aliphatic carbocycles. The van der Waals surface area contributed by atoms with Gasteiger partial charge < -0.3 is 15.6 Å². The van der Waals surface area contributed by atoms with Gasteiger partial charge >= 0.3 is 6.18 Å². The average molecular weight is 470 g/mol. The van der Waals surface area contributed by atoms with Crippen LogP contribution in [0.3, 0.4) is 0 Å². The van der Waals surface area contributed by atoms with Gasteiger partial charge in [0.2, 0.25) is 0 Å². The molecule has 0 heterocycles. The largest absolute Gasteiger partial charge is 0.416 e. The number of rotatable bonds is 7. The van der Waals surface area contributed by atoms with E-state index >= 15 is 0 Å². The highest BCUT2D eigenvalue weighted by Crippen LogP contribution is 2.34. The lowest BCUT2D eigenvalue weighted by atomic mass is 10.1. The Balaban J connectivity index is 2.25. The van der Waals surface area contributed by atoms with Crippen LogP contribution in [0.1, 0.15) is 22.3 Å². The van der Waals surface area contributed by atoms with E-state index in [1.165, 1.54) is 23.1 Å². The van der Waals surface area contributed by atoms with Crippen LogP contribution < -0.4 is 5.32 Å². The van der Waals surface area contributed by atoms with E-state index in [9.17, 15) is 22.8 Å². The van der Waals surface area contributed by atoms with Crippen molar-refractivity contribution in [3.63, 3.8) is 0 Å². The highest BCUT2D eigenvalue weighted by molar-refractivity contribution is 8.17. The van der Waals surface area contributed by atoms with Gasteiger partial charge in [-0.1, -0.05) is 23.7 Å². The number of hydrogen-bond acceptors (Lipinski definition) is 5. The number of allylic oxidation sites excluding steroid dienone is 1. The zero-order valence-corrected chi connectivity index (χ0v) is 18.2. The lowest BCUT2D eigenvalue weighted by Gasteiger charge is -2.16. The fourth-order valence-corrected chi connectivity index (χ4v) is 3.35. The zero-order valence-electron chi connectivity index (χ0n) is 16.6. The van der Waals surface area contributed by atoms with Gasteiger partial charge in [-0.25, -0.2) is 0 Å². The Morgan fingerprint density at radius 3 is 2.52 bits per heavy atom. The molecule has 10 heteroatoms. The third kappa shape index (κ3) is 6.86. The number of carbonyl (C=O) groups is 2. The summed E-state index contributed by atoms with van der Waals surface area (Å²) in [6, 6.07) is 8.37. The number of amides is 1. The smallest absolute Gasteiger partial charge is 0.380 e. The first-order valence-corrected chi connectivity index (χ1v) is 10.0. The molecule has 0 bridgehead atoms. The molecule has 0 spiro atoms. The van der Waals surface area contributed by atoms with Gasteiger partial charge in [-0.3, -0.25) is 9.59 Å². The average Bonchev–Trinajstić information content (AvgIpc) is 2.71. The van der Waals surface area contributed by atoms with Gasteiger partial charge in [0.25, 0.3) is 5.24 Å². The second-order valence-electron chi connectivity index (χ2n) is 6.57. The summed E-state index contributed by atoms with van der Waals surface area (Å²) in [6.07, 6.45) is -1.45. The molecule has 0 aromatic heterocycles. The molecule has 0 aliphatic heterocycles. The summed E-state index contributed by atoms with van der Waals surface area (Å²) < 4.78 is 39.8. The monoisotopic (exact) mass is 469 g/mol. The topological polar surface area (TPSA) is 73.3 Å². The van der Waals surface area contributed by atoms with Gasteiger partial charge in [0.1, 0.15) is 0 Å². The standard InChI is InChI=1S/C21H19ClF3N3O2S/c1-28(2)20(30)31-17(12-29)8-13-3-6-19(15(7-13)10-26)27-11-14-4-5-16(22)9-18(14)21(23,24)25/h3-10,12,26-27H,11H2,1-2H3/b17-8-,26-10?. The van der Waals surface area contributed by atoms with Crippen LogP contribution in [-0.4, -0.2) is 36.7 Å². The van der Waals surface area contributed by atoms with Crippen molar-refractivity contribution in [2.45, 2.75) is 12.7 Å². The Hall–Kier alpha value is -2.78. The zero-order chi connectivity index (χ0) is 23.2. The van der Waals surface area contributed by atoms with E-state index in [1.807, 2.05) is 0 Å². The first-order chi connectivity index (χ1) is 14.5. The number of nitrogens with one attached hydrogen (secondary N) is 2. The van der Waals surface area contributed by atoms with Crippen molar-refractivity contribution in [1.82, 2.24) is 4.90 Å². The predicted molar refractivity (Wildman–Crippen MR) is 119 cm³/mol. The Bertz CT molecular complexity index is 1020. The number of nitrogens with zero attached hydrogens (tertiary/aromatic N) is 1. The van der Waals surface area contributed by atoms with Crippen molar-refractivity contribution in [3.05, 3.63) is 68.6 Å². The maximum Gasteiger partial charge on any atom is 0.416 e. The predicted octanol–water partition coefficient (Wildman–Crippen LogP) is 5.92. The molecule has 1 amide bonds. The van der Waals surface area contributed by atoms with E-state index in [0.717, 1.165) is 24.0 Å². The van der Waals surface area contributed by atoms with Crippen molar-refractivity contribution in [2.24, 2.45) is 0 Å². The highest BCUT2D eigenvalue weighted by atomic mass is 35.5. The van der Waals surface area contributed by atoms with E-state index in [1.54, 1.807) is 32.3 Å². The first kappa shape index (κ1) is 24.5. The molecule has 0 aliphatic rings. The highest BCUT2D eigenvalue weighted by Gasteiger charge is 2.33. The van der Waals surface area contributed by atoms with Crippen LogP contribution in [0.2, 0.25) is 5.02 Å². The fourth-order valence-electron chi connectivity index (χ4n) is 2.55. The van der Waals surface area contributed by atoms with Gasteiger partial charge in [0.15, 0.2) is 6.29 Å². The number of anilines is 1. The van der Waals surface area contributed by atoms with Crippen molar-refractivity contribution in [1.29, 1.82) is 5.41 Å². The summed E-state index contributed by atoms with van der Waals surface area (Å²) in [5, 5.41) is 10.2. The Morgan fingerprint density at radius 1 is 1.23 bits per heavy atom. The minimum atomic E-state index is -4.55. The minimum absolute atomic E-state index is 0.0102. The van der Waals surface area contributed by atoms with Crippen molar-refractivity contribution in [2.75, 3.05) is 19.4 Å². The summed E-state index contributed by atoms with van der Waals surface area (Å²) in [6.45, 7) is -0.130. The lowest BCUT2D eigenvalue weighted by molar-refractivity contribution is -0.138. The SMILES string of the molecule is CN(C)C(=O)S/C(C=O)=C\c1ccc(NCc2ccc(Cl)cc2C(F)(F)F)c(C=N)c1. The Labute approximate surface area is 186 Å². The first-order valence-electron chi connectivity index (χ1n) is 8.85. The second kappa shape index (κ2) is 10.5. The molecule has 2 aromatic carbocycles. The van der Waals surface area contributed by atoms with Crippen molar-refractivity contribution in [3.8, 4) is 0 Å². The number of thioether (sulfide) groups is 1. The normalized spacial score (nSPS) is 11.7. The van der Waals surface area contributed by atoms with Crippen LogP contribution in [0.5, 0.6) is 0 Å². The maximum atomic E-state index is 13.3. The van der Waals surface area contributed by atoms with Crippen LogP contribution >= 0.6 is 23.4 Å². The van der Waals surface area contributed by atoms with Gasteiger partial charge in [-0.15, -0.1) is 0 Å². The molecule has 0 saturated heterocycles. The maximum absolute atomic E-state index is 13.3. The molecule has 164 valence electrons. The van der Waals surface area contributed by atoms with E-state index in [2.05, 4.69) is 5.32 Å².